The largest absolute Gasteiger partial charge is 0.370 e. The number of nitrogens with two attached hydrogens (primary N) is 3. The molecule has 7 N–H and O–H groups in total. The van der Waals surface area contributed by atoms with Crippen molar-refractivity contribution in [1.29, 1.82) is 0 Å². The Morgan fingerprint density at radius 2 is 1.29 bits per heavy atom. The topological polar surface area (TPSA) is 137 Å². The number of ketones is 1. The van der Waals surface area contributed by atoms with Gasteiger partial charge in [0, 0.05) is 13.1 Å². The van der Waals surface area contributed by atoms with E-state index in [1.807, 2.05) is 91.0 Å². The minimum Gasteiger partial charge on any atom is -0.370 e. The first kappa shape index (κ1) is 24.7. The molecular formula is C27H31N5O2. The number of amides is 1. The molecule has 7 nitrogen and oxygen atoms in total. The molecule has 0 aliphatic carbocycles. The number of guanidine groups is 1. The molecule has 0 radical (unpaired) electrons. The van der Waals surface area contributed by atoms with Crippen molar-refractivity contribution in [2.24, 2.45) is 22.2 Å². The second-order valence-electron chi connectivity index (χ2n) is 8.14. The molecule has 0 spiro atoms. The van der Waals surface area contributed by atoms with E-state index in [9.17, 15) is 9.59 Å². The van der Waals surface area contributed by atoms with E-state index in [4.69, 9.17) is 17.2 Å². The molecule has 0 aliphatic rings. The van der Waals surface area contributed by atoms with Gasteiger partial charge >= 0.3 is 0 Å². The Bertz CT molecular complexity index is 1060. The highest BCUT2D eigenvalue weighted by atomic mass is 16.2. The fraction of sp³-hybridized carbons (Fsp3) is 0.222. The van der Waals surface area contributed by atoms with Crippen molar-refractivity contribution in [2.75, 3.05) is 6.54 Å². The lowest BCUT2D eigenvalue weighted by Crippen LogP contribution is -2.62. The number of carbonyl (C=O) groups is 2. The minimum atomic E-state index is -1.62. The fourth-order valence-electron chi connectivity index (χ4n) is 4.06. The van der Waals surface area contributed by atoms with Crippen LogP contribution >= 0.6 is 0 Å². The molecule has 3 aromatic carbocycles. The number of benzene rings is 3. The summed E-state index contributed by atoms with van der Waals surface area (Å²) in [5, 5.41) is 3.22. The summed E-state index contributed by atoms with van der Waals surface area (Å²) in [4.78, 5) is 31.3. The number of aliphatic imine (C=N–C) groups is 1. The summed E-state index contributed by atoms with van der Waals surface area (Å²) in [6.45, 7) is 0.577. The van der Waals surface area contributed by atoms with Crippen LogP contribution < -0.4 is 22.5 Å². The third-order valence-electron chi connectivity index (χ3n) is 5.81. The maximum absolute atomic E-state index is 14.3. The van der Waals surface area contributed by atoms with Crippen molar-refractivity contribution in [3.05, 3.63) is 108 Å². The van der Waals surface area contributed by atoms with Crippen molar-refractivity contribution >= 4 is 17.6 Å². The molecular weight excluding hydrogens is 426 g/mol. The Hall–Kier alpha value is -3.97. The smallest absolute Gasteiger partial charge is 0.245 e. The van der Waals surface area contributed by atoms with Crippen molar-refractivity contribution in [2.45, 2.75) is 30.8 Å². The Balaban J connectivity index is 2.04. The standard InChI is InChI=1S/C27H31N5O2/c28-25(34)27(17-10-18-31-26(29)30,32-19-20-11-4-1-5-12-20)24(33)23(21-13-6-2-7-14-21)22-15-8-3-9-16-22/h1-9,11-16,23,32H,10,17-19H2,(H2,28,34)(H4,29,30,31)/t27-/m1/s1. The van der Waals surface area contributed by atoms with E-state index in [1.165, 1.54) is 0 Å². The molecule has 3 aromatic rings. The third kappa shape index (κ3) is 6.08. The van der Waals surface area contributed by atoms with E-state index in [1.54, 1.807) is 0 Å². The summed E-state index contributed by atoms with van der Waals surface area (Å²) >= 11 is 0. The fourth-order valence-corrected chi connectivity index (χ4v) is 4.06. The first-order valence-corrected chi connectivity index (χ1v) is 11.2. The lowest BCUT2D eigenvalue weighted by atomic mass is 9.75. The number of nitrogens with one attached hydrogen (secondary N) is 1. The number of rotatable bonds is 12. The highest BCUT2D eigenvalue weighted by Crippen LogP contribution is 2.32. The molecule has 1 amide bonds. The Labute approximate surface area is 200 Å². The van der Waals surface area contributed by atoms with Gasteiger partial charge in [-0.3, -0.25) is 19.9 Å². The molecule has 0 unspecified atom stereocenters. The van der Waals surface area contributed by atoms with Gasteiger partial charge in [-0.15, -0.1) is 0 Å². The van der Waals surface area contributed by atoms with E-state index >= 15 is 0 Å². The average Bonchev–Trinajstić information content (AvgIpc) is 2.85. The summed E-state index contributed by atoms with van der Waals surface area (Å²) in [6.07, 6.45) is 0.547. The van der Waals surface area contributed by atoms with Gasteiger partial charge in [0.25, 0.3) is 0 Å². The lowest BCUT2D eigenvalue weighted by Gasteiger charge is -2.34. The van der Waals surface area contributed by atoms with Crippen LogP contribution in [0.2, 0.25) is 0 Å². The van der Waals surface area contributed by atoms with Gasteiger partial charge in [0.1, 0.15) is 0 Å². The van der Waals surface area contributed by atoms with Crippen molar-refractivity contribution in [3.63, 3.8) is 0 Å². The molecule has 0 bridgehead atoms. The summed E-state index contributed by atoms with van der Waals surface area (Å²) in [5.41, 5.74) is 17.8. The molecule has 0 aromatic heterocycles. The zero-order chi connectivity index (χ0) is 24.4. The monoisotopic (exact) mass is 457 g/mol. The first-order chi connectivity index (χ1) is 16.4. The van der Waals surface area contributed by atoms with Gasteiger partial charge < -0.3 is 17.2 Å². The van der Waals surface area contributed by atoms with Crippen molar-refractivity contribution < 1.29 is 9.59 Å². The van der Waals surface area contributed by atoms with Crippen LogP contribution in [0.15, 0.2) is 96.0 Å². The third-order valence-corrected chi connectivity index (χ3v) is 5.81. The second kappa shape index (κ2) is 11.8. The highest BCUT2D eigenvalue weighted by molar-refractivity contribution is 6.13. The van der Waals surface area contributed by atoms with Crippen LogP contribution in [-0.2, 0) is 16.1 Å². The summed E-state index contributed by atoms with van der Waals surface area (Å²) in [5.74, 6) is -1.76. The zero-order valence-electron chi connectivity index (χ0n) is 19.1. The van der Waals surface area contributed by atoms with Crippen LogP contribution in [0.25, 0.3) is 0 Å². The Morgan fingerprint density at radius 3 is 1.76 bits per heavy atom. The van der Waals surface area contributed by atoms with E-state index < -0.39 is 17.4 Å². The van der Waals surface area contributed by atoms with E-state index in [2.05, 4.69) is 10.3 Å². The van der Waals surface area contributed by atoms with Gasteiger partial charge in [-0.2, -0.15) is 0 Å². The van der Waals surface area contributed by atoms with Crippen LogP contribution in [0.5, 0.6) is 0 Å². The molecule has 7 heteroatoms. The molecule has 34 heavy (non-hydrogen) atoms. The van der Waals surface area contributed by atoms with Gasteiger partial charge in [0.05, 0.1) is 5.92 Å². The zero-order valence-corrected chi connectivity index (χ0v) is 19.1. The number of hydrogen-bond donors (Lipinski definition) is 4. The number of carbonyl (C=O) groups excluding carboxylic acids is 2. The average molecular weight is 458 g/mol. The predicted molar refractivity (Wildman–Crippen MR) is 135 cm³/mol. The summed E-state index contributed by atoms with van der Waals surface area (Å²) < 4.78 is 0. The molecule has 0 fully saturated rings. The van der Waals surface area contributed by atoms with Gasteiger partial charge in [-0.1, -0.05) is 91.0 Å². The number of Topliss-reactive ketones (excluding diaryl/α,β-unsaturated/α-hetero) is 1. The SMILES string of the molecule is NC(=O)[C@](CCCN=C(N)N)(NCc1ccccc1)C(=O)C(c1ccccc1)c1ccccc1. The van der Waals surface area contributed by atoms with Crippen LogP contribution in [0.4, 0.5) is 0 Å². The summed E-state index contributed by atoms with van der Waals surface area (Å²) in [6, 6.07) is 28.4. The quantitative estimate of drug-likeness (QED) is 0.143. The molecule has 1 atom stereocenters. The normalized spacial score (nSPS) is 12.6. The maximum atomic E-state index is 14.3. The van der Waals surface area contributed by atoms with Crippen molar-refractivity contribution in [3.8, 4) is 0 Å². The maximum Gasteiger partial charge on any atom is 0.245 e. The molecule has 176 valence electrons. The van der Waals surface area contributed by atoms with Crippen LogP contribution in [0.3, 0.4) is 0 Å². The molecule has 0 aliphatic heterocycles. The van der Waals surface area contributed by atoms with E-state index in [0.29, 0.717) is 13.0 Å². The van der Waals surface area contributed by atoms with Crippen LogP contribution in [0, 0.1) is 0 Å². The number of primary amides is 1. The number of nitrogens with zero attached hydrogens (tertiary/aromatic N) is 1. The predicted octanol–water partition coefficient (Wildman–Crippen LogP) is 2.46. The van der Waals surface area contributed by atoms with E-state index in [0.717, 1.165) is 16.7 Å². The van der Waals surface area contributed by atoms with Gasteiger partial charge in [0.15, 0.2) is 17.3 Å². The highest BCUT2D eigenvalue weighted by Gasteiger charge is 2.47. The number of hydrogen-bond acceptors (Lipinski definition) is 4. The van der Waals surface area contributed by atoms with E-state index in [-0.39, 0.29) is 24.7 Å². The Morgan fingerprint density at radius 1 is 0.794 bits per heavy atom. The van der Waals surface area contributed by atoms with Gasteiger partial charge in [-0.25, -0.2) is 0 Å². The Kier molecular flexibility index (Phi) is 8.54. The second-order valence-corrected chi connectivity index (χ2v) is 8.14. The molecule has 0 heterocycles. The van der Waals surface area contributed by atoms with Gasteiger partial charge in [-0.05, 0) is 29.5 Å². The molecule has 0 saturated heterocycles. The summed E-state index contributed by atoms with van der Waals surface area (Å²) in [7, 11) is 0. The van der Waals surface area contributed by atoms with Crippen LogP contribution in [0.1, 0.15) is 35.4 Å². The van der Waals surface area contributed by atoms with Crippen LogP contribution in [-0.4, -0.2) is 29.7 Å². The van der Waals surface area contributed by atoms with Crippen molar-refractivity contribution in [1.82, 2.24) is 5.32 Å². The lowest BCUT2D eigenvalue weighted by molar-refractivity contribution is -0.137. The molecule has 0 saturated carbocycles. The molecule has 3 rings (SSSR count). The van der Waals surface area contributed by atoms with Gasteiger partial charge in [0.2, 0.25) is 5.91 Å². The minimum absolute atomic E-state index is 0.0420. The first-order valence-electron chi connectivity index (χ1n) is 11.2.